The number of aromatic nitrogens is 2. The van der Waals surface area contributed by atoms with E-state index in [4.69, 9.17) is 0 Å². The Hall–Kier alpha value is -2.99. The highest BCUT2D eigenvalue weighted by Gasteiger charge is 2.32. The minimum absolute atomic E-state index is 0.117. The van der Waals surface area contributed by atoms with Gasteiger partial charge >= 0.3 is 0 Å². The molecule has 1 N–H and O–H groups in total. The number of aromatic amines is 1. The maximum atomic E-state index is 13.7. The number of nitrogens with zero attached hydrogens (tertiary/aromatic N) is 3. The van der Waals surface area contributed by atoms with Gasteiger partial charge in [0.05, 0.1) is 18.1 Å². The molecule has 1 atom stereocenters. The number of benzene rings is 2. The Kier molecular flexibility index (Phi) is 11.6. The van der Waals surface area contributed by atoms with Gasteiger partial charge < -0.3 is 14.8 Å². The van der Waals surface area contributed by atoms with Crippen LogP contribution in [0.2, 0.25) is 0 Å². The van der Waals surface area contributed by atoms with Crippen LogP contribution in [0.1, 0.15) is 68.2 Å². The Morgan fingerprint density at radius 1 is 1.11 bits per heavy atom. The number of fused-ring (bicyclic) bond motifs is 1. The van der Waals surface area contributed by atoms with E-state index in [2.05, 4.69) is 46.1 Å². The Labute approximate surface area is 210 Å². The van der Waals surface area contributed by atoms with E-state index in [1.54, 1.807) is 18.5 Å². The maximum Gasteiger partial charge on any atom is 0.224 e. The molecular weight excluding hydrogens is 439 g/mol. The molecule has 1 unspecified atom stereocenters. The van der Waals surface area contributed by atoms with Crippen LogP contribution in [0.15, 0.2) is 54.9 Å². The van der Waals surface area contributed by atoms with E-state index in [-0.39, 0.29) is 17.8 Å². The Morgan fingerprint density at radius 3 is 2.54 bits per heavy atom. The second-order valence-electron chi connectivity index (χ2n) is 8.43. The fraction of sp³-hybridized carbons (Fsp3) is 0.448. The third-order valence-corrected chi connectivity index (χ3v) is 5.93. The van der Waals surface area contributed by atoms with Crippen molar-refractivity contribution >= 4 is 5.91 Å². The third-order valence-electron chi connectivity index (χ3n) is 5.93. The van der Waals surface area contributed by atoms with Crippen molar-refractivity contribution in [2.75, 3.05) is 20.1 Å². The van der Waals surface area contributed by atoms with Crippen LogP contribution in [0.25, 0.3) is 0 Å². The lowest BCUT2D eigenvalue weighted by Crippen LogP contribution is -2.42. The van der Waals surface area contributed by atoms with Gasteiger partial charge in [0.25, 0.3) is 0 Å². The fourth-order valence-corrected chi connectivity index (χ4v) is 4.38. The molecule has 0 bridgehead atoms. The maximum absolute atomic E-state index is 13.7. The number of carbonyl (C=O) groups excluding carboxylic acids is 1. The zero-order valence-electron chi connectivity index (χ0n) is 22.1. The minimum Gasteiger partial charge on any atom is -0.348 e. The molecule has 190 valence electrons. The quantitative estimate of drug-likeness (QED) is 0.444. The van der Waals surface area contributed by atoms with Gasteiger partial charge in [-0.15, -0.1) is 0 Å². The van der Waals surface area contributed by atoms with Crippen LogP contribution >= 0.6 is 0 Å². The predicted octanol–water partition coefficient (Wildman–Crippen LogP) is 6.10. The van der Waals surface area contributed by atoms with Gasteiger partial charge in [-0.1, -0.05) is 69.7 Å². The molecule has 1 aliphatic rings. The molecule has 3 aromatic rings. The molecule has 2 heterocycles. The predicted molar refractivity (Wildman–Crippen MR) is 142 cm³/mol. The average Bonchev–Trinajstić information content (AvgIpc) is 3.35. The monoisotopic (exact) mass is 480 g/mol. The molecule has 6 heteroatoms. The number of nitrogens with one attached hydrogen (secondary N) is 1. The lowest BCUT2D eigenvalue weighted by atomic mass is 9.95. The number of halogens is 1. The molecule has 5 nitrogen and oxygen atoms in total. The topological polar surface area (TPSA) is 52.2 Å². The van der Waals surface area contributed by atoms with Crippen molar-refractivity contribution in [1.82, 2.24) is 19.8 Å². The highest BCUT2D eigenvalue weighted by molar-refractivity contribution is 5.77. The highest BCUT2D eigenvalue weighted by atomic mass is 19.1. The van der Waals surface area contributed by atoms with E-state index in [0.29, 0.717) is 25.9 Å². The van der Waals surface area contributed by atoms with Crippen molar-refractivity contribution in [3.8, 4) is 0 Å². The Bertz CT molecular complexity index is 1050. The number of hydrogen-bond acceptors (Lipinski definition) is 3. The van der Waals surface area contributed by atoms with Crippen molar-refractivity contribution in [1.29, 1.82) is 0 Å². The van der Waals surface area contributed by atoms with Crippen molar-refractivity contribution in [2.24, 2.45) is 0 Å². The molecule has 35 heavy (non-hydrogen) atoms. The molecule has 1 amide bonds. The molecule has 1 aromatic heterocycles. The number of carbonyl (C=O) groups is 1. The SMILES string of the molecule is CC.CC.Cc1cccc(CN(C)CCC(=O)N2CCc3[nH]cnc3C2Cc2cccc(F)c2)c1. The van der Waals surface area contributed by atoms with Gasteiger partial charge in [0, 0.05) is 38.2 Å². The van der Waals surface area contributed by atoms with Crippen LogP contribution in [0.4, 0.5) is 4.39 Å². The van der Waals surface area contributed by atoms with Crippen LogP contribution in [0, 0.1) is 12.7 Å². The molecule has 0 fully saturated rings. The number of hydrogen-bond donors (Lipinski definition) is 1. The normalized spacial score (nSPS) is 14.4. The van der Waals surface area contributed by atoms with E-state index in [9.17, 15) is 9.18 Å². The van der Waals surface area contributed by atoms with Gasteiger partial charge in [-0.3, -0.25) is 4.79 Å². The Balaban J connectivity index is 0.00000103. The third kappa shape index (κ3) is 8.03. The van der Waals surface area contributed by atoms with Crippen LogP contribution in [-0.2, 0) is 24.2 Å². The second kappa shape index (κ2) is 14.4. The Morgan fingerprint density at radius 2 is 1.83 bits per heavy atom. The summed E-state index contributed by atoms with van der Waals surface area (Å²) in [7, 11) is 2.04. The summed E-state index contributed by atoms with van der Waals surface area (Å²) in [6, 6.07) is 14.9. The summed E-state index contributed by atoms with van der Waals surface area (Å²) < 4.78 is 13.7. The molecule has 0 saturated carbocycles. The molecule has 0 aliphatic carbocycles. The zero-order chi connectivity index (χ0) is 25.8. The molecule has 0 radical (unpaired) electrons. The van der Waals surface area contributed by atoms with Gasteiger partial charge in [-0.2, -0.15) is 0 Å². The standard InChI is InChI=1S/C25H29FN4O.2C2H6/c1-18-5-3-7-20(13-18)16-29(2)11-10-24(31)30-12-9-22-25(28-17-27-22)23(30)15-19-6-4-8-21(26)14-19;2*1-2/h3-8,13-14,17,23H,9-12,15-16H2,1-2H3,(H,27,28);2*1-2H3. The van der Waals surface area contributed by atoms with E-state index in [0.717, 1.165) is 29.9 Å². The number of rotatable bonds is 7. The smallest absolute Gasteiger partial charge is 0.224 e. The molecule has 0 saturated heterocycles. The first-order valence-electron chi connectivity index (χ1n) is 12.8. The number of imidazole rings is 1. The molecule has 2 aromatic carbocycles. The van der Waals surface area contributed by atoms with E-state index >= 15 is 0 Å². The van der Waals surface area contributed by atoms with Crippen molar-refractivity contribution in [3.63, 3.8) is 0 Å². The highest BCUT2D eigenvalue weighted by Crippen LogP contribution is 2.31. The van der Waals surface area contributed by atoms with Crippen molar-refractivity contribution in [3.05, 3.63) is 88.8 Å². The number of H-pyrrole nitrogens is 1. The van der Waals surface area contributed by atoms with Crippen LogP contribution in [0.5, 0.6) is 0 Å². The average molecular weight is 481 g/mol. The van der Waals surface area contributed by atoms with Crippen LogP contribution < -0.4 is 0 Å². The van der Waals surface area contributed by atoms with Crippen molar-refractivity contribution < 1.29 is 9.18 Å². The first-order valence-corrected chi connectivity index (χ1v) is 12.8. The number of amides is 1. The fourth-order valence-electron chi connectivity index (χ4n) is 4.38. The summed E-state index contributed by atoms with van der Waals surface area (Å²) in [5.41, 5.74) is 5.33. The summed E-state index contributed by atoms with van der Waals surface area (Å²) in [5.74, 6) is -0.141. The number of aryl methyl sites for hydroxylation is 1. The summed E-state index contributed by atoms with van der Waals surface area (Å²) in [4.78, 5) is 25.0. The van der Waals surface area contributed by atoms with Crippen LogP contribution in [-0.4, -0.2) is 45.8 Å². The largest absolute Gasteiger partial charge is 0.348 e. The van der Waals surface area contributed by atoms with E-state index < -0.39 is 0 Å². The van der Waals surface area contributed by atoms with Crippen molar-refractivity contribution in [2.45, 2.75) is 66.5 Å². The van der Waals surface area contributed by atoms with Gasteiger partial charge in [0.15, 0.2) is 0 Å². The molecule has 1 aliphatic heterocycles. The van der Waals surface area contributed by atoms with Gasteiger partial charge in [0.2, 0.25) is 5.91 Å². The lowest BCUT2D eigenvalue weighted by Gasteiger charge is -2.35. The van der Waals surface area contributed by atoms with Gasteiger partial charge in [-0.25, -0.2) is 9.37 Å². The lowest BCUT2D eigenvalue weighted by molar-refractivity contribution is -0.134. The summed E-state index contributed by atoms with van der Waals surface area (Å²) >= 11 is 0. The van der Waals surface area contributed by atoms with Gasteiger partial charge in [-0.05, 0) is 43.7 Å². The first kappa shape index (κ1) is 28.2. The summed E-state index contributed by atoms with van der Waals surface area (Å²) in [6.45, 7) is 12.2. The van der Waals surface area contributed by atoms with E-state index in [1.165, 1.54) is 17.2 Å². The summed E-state index contributed by atoms with van der Waals surface area (Å²) in [5, 5.41) is 0. The summed E-state index contributed by atoms with van der Waals surface area (Å²) in [6.07, 6.45) is 3.45. The first-order chi connectivity index (χ1) is 17.0. The molecule has 0 spiro atoms. The van der Waals surface area contributed by atoms with E-state index in [1.807, 2.05) is 45.7 Å². The molecule has 4 rings (SSSR count). The van der Waals surface area contributed by atoms with Crippen LogP contribution in [0.3, 0.4) is 0 Å². The van der Waals surface area contributed by atoms with Gasteiger partial charge in [0.1, 0.15) is 5.82 Å². The molecular formula is C29H41FN4O. The minimum atomic E-state index is -0.258. The zero-order valence-corrected chi connectivity index (χ0v) is 22.1. The second-order valence-corrected chi connectivity index (χ2v) is 8.43.